The summed E-state index contributed by atoms with van der Waals surface area (Å²) in [5, 5.41) is 4.06. The minimum atomic E-state index is -3.81. The monoisotopic (exact) mass is 398 g/mol. The van der Waals surface area contributed by atoms with Crippen molar-refractivity contribution >= 4 is 38.1 Å². The van der Waals surface area contributed by atoms with Crippen LogP contribution in [0.1, 0.15) is 20.3 Å². The van der Waals surface area contributed by atoms with E-state index in [0.29, 0.717) is 35.5 Å². The molecule has 0 aliphatic heterocycles. The van der Waals surface area contributed by atoms with E-state index in [1.54, 1.807) is 55.5 Å². The van der Waals surface area contributed by atoms with E-state index >= 15 is 0 Å². The molecule has 6 nitrogen and oxygen atoms in total. The zero-order valence-electron chi connectivity index (χ0n) is 15.7. The maximum absolute atomic E-state index is 13.0. The van der Waals surface area contributed by atoms with Crippen molar-refractivity contribution in [3.8, 4) is 5.75 Å². The van der Waals surface area contributed by atoms with Crippen LogP contribution in [0.4, 0.5) is 11.4 Å². The lowest BCUT2D eigenvalue weighted by Gasteiger charge is -2.14. The summed E-state index contributed by atoms with van der Waals surface area (Å²) in [5.74, 6) is 0.544. The first-order valence-electron chi connectivity index (χ1n) is 9.02. The van der Waals surface area contributed by atoms with E-state index in [0.717, 1.165) is 5.39 Å². The second-order valence-corrected chi connectivity index (χ2v) is 7.78. The number of benzene rings is 3. The van der Waals surface area contributed by atoms with Crippen molar-refractivity contribution in [3.63, 3.8) is 0 Å². The first-order chi connectivity index (χ1) is 13.4. The number of carbonyl (C=O) groups is 1. The first kappa shape index (κ1) is 19.7. The second kappa shape index (κ2) is 8.31. The third kappa shape index (κ3) is 4.26. The van der Waals surface area contributed by atoms with Crippen LogP contribution in [-0.4, -0.2) is 20.9 Å². The Balaban J connectivity index is 1.91. The maximum atomic E-state index is 13.0. The number of carbonyl (C=O) groups excluding carboxylic acids is 1. The van der Waals surface area contributed by atoms with Crippen LogP contribution in [0.25, 0.3) is 10.8 Å². The molecule has 7 heteroatoms. The summed E-state index contributed by atoms with van der Waals surface area (Å²) in [4.78, 5) is 11.6. The van der Waals surface area contributed by atoms with Crippen molar-refractivity contribution in [1.29, 1.82) is 0 Å². The SMILES string of the molecule is CCOc1ccc(S(=O)(=O)Nc2ccc(NC(=O)CC)cc2)c2ccccc12. The highest BCUT2D eigenvalue weighted by atomic mass is 32.2. The van der Waals surface area contributed by atoms with Gasteiger partial charge in [0.1, 0.15) is 5.75 Å². The molecule has 0 aliphatic carbocycles. The number of hydrogen-bond acceptors (Lipinski definition) is 4. The topological polar surface area (TPSA) is 84.5 Å². The third-order valence-corrected chi connectivity index (χ3v) is 5.61. The van der Waals surface area contributed by atoms with Crippen molar-refractivity contribution in [2.24, 2.45) is 0 Å². The van der Waals surface area contributed by atoms with Crippen molar-refractivity contribution < 1.29 is 17.9 Å². The molecule has 3 aromatic carbocycles. The van der Waals surface area contributed by atoms with E-state index < -0.39 is 10.0 Å². The average molecular weight is 398 g/mol. The van der Waals surface area contributed by atoms with Gasteiger partial charge in [-0.05, 0) is 43.3 Å². The van der Waals surface area contributed by atoms with Gasteiger partial charge in [-0.3, -0.25) is 9.52 Å². The van der Waals surface area contributed by atoms with Gasteiger partial charge in [-0.25, -0.2) is 8.42 Å². The van der Waals surface area contributed by atoms with Gasteiger partial charge in [0.25, 0.3) is 10.0 Å². The molecule has 3 rings (SSSR count). The van der Waals surface area contributed by atoms with E-state index in [9.17, 15) is 13.2 Å². The minimum absolute atomic E-state index is 0.103. The van der Waals surface area contributed by atoms with E-state index in [-0.39, 0.29) is 10.8 Å². The molecule has 0 aromatic heterocycles. The molecule has 146 valence electrons. The van der Waals surface area contributed by atoms with Crippen LogP contribution in [0.3, 0.4) is 0 Å². The number of rotatable bonds is 7. The highest BCUT2D eigenvalue weighted by molar-refractivity contribution is 7.93. The molecule has 3 aromatic rings. The fourth-order valence-electron chi connectivity index (χ4n) is 2.84. The van der Waals surface area contributed by atoms with Gasteiger partial charge >= 0.3 is 0 Å². The Morgan fingerprint density at radius 1 is 0.893 bits per heavy atom. The summed E-state index contributed by atoms with van der Waals surface area (Å²) < 4.78 is 34.1. The lowest BCUT2D eigenvalue weighted by Crippen LogP contribution is -2.14. The number of amides is 1. The van der Waals surface area contributed by atoms with E-state index in [2.05, 4.69) is 10.0 Å². The molecule has 0 heterocycles. The van der Waals surface area contributed by atoms with Gasteiger partial charge < -0.3 is 10.1 Å². The molecule has 2 N–H and O–H groups in total. The Morgan fingerprint density at radius 3 is 2.18 bits per heavy atom. The lowest BCUT2D eigenvalue weighted by molar-refractivity contribution is -0.115. The molecule has 0 unspecified atom stereocenters. The van der Waals surface area contributed by atoms with Crippen molar-refractivity contribution in [2.75, 3.05) is 16.6 Å². The molecule has 28 heavy (non-hydrogen) atoms. The number of hydrogen-bond donors (Lipinski definition) is 2. The maximum Gasteiger partial charge on any atom is 0.262 e. The van der Waals surface area contributed by atoms with E-state index in [1.165, 1.54) is 0 Å². The van der Waals surface area contributed by atoms with Crippen LogP contribution in [0.5, 0.6) is 5.75 Å². The molecule has 0 aliphatic rings. The summed E-state index contributed by atoms with van der Waals surface area (Å²) >= 11 is 0. The van der Waals surface area contributed by atoms with Crippen molar-refractivity contribution in [3.05, 3.63) is 60.7 Å². The number of ether oxygens (including phenoxy) is 1. The Labute approximate surface area is 164 Å². The Morgan fingerprint density at radius 2 is 1.54 bits per heavy atom. The van der Waals surface area contributed by atoms with Gasteiger partial charge in [-0.2, -0.15) is 0 Å². The lowest BCUT2D eigenvalue weighted by atomic mass is 10.1. The van der Waals surface area contributed by atoms with Crippen LogP contribution in [0.15, 0.2) is 65.6 Å². The summed E-state index contributed by atoms with van der Waals surface area (Å²) in [6.07, 6.45) is 0.374. The average Bonchev–Trinajstić information content (AvgIpc) is 2.69. The first-order valence-corrected chi connectivity index (χ1v) is 10.5. The fourth-order valence-corrected chi connectivity index (χ4v) is 4.11. The van der Waals surface area contributed by atoms with Gasteiger partial charge in [-0.1, -0.05) is 31.2 Å². The molecule has 0 saturated heterocycles. The fraction of sp³-hybridized carbons (Fsp3) is 0.190. The summed E-state index contributed by atoms with van der Waals surface area (Å²) in [7, 11) is -3.81. The Kier molecular flexibility index (Phi) is 5.84. The molecule has 0 spiro atoms. The van der Waals surface area contributed by atoms with Crippen LogP contribution >= 0.6 is 0 Å². The quantitative estimate of drug-likeness (QED) is 0.618. The number of fused-ring (bicyclic) bond motifs is 1. The van der Waals surface area contributed by atoms with E-state index in [1.807, 2.05) is 19.1 Å². The minimum Gasteiger partial charge on any atom is -0.493 e. The molecule has 1 amide bonds. The number of anilines is 2. The van der Waals surface area contributed by atoms with Crippen LogP contribution in [-0.2, 0) is 14.8 Å². The predicted octanol–water partition coefficient (Wildman–Crippen LogP) is 4.39. The highest BCUT2D eigenvalue weighted by Crippen LogP contribution is 2.32. The standard InChI is InChI=1S/C21H22N2O4S/c1-3-21(24)22-15-9-11-16(12-10-15)23-28(25,26)20-14-13-19(27-4-2)17-7-5-6-8-18(17)20/h5-14,23H,3-4H2,1-2H3,(H,22,24). The van der Waals surface area contributed by atoms with Crippen molar-refractivity contribution in [1.82, 2.24) is 0 Å². The predicted molar refractivity (Wildman–Crippen MR) is 111 cm³/mol. The Bertz CT molecular complexity index is 1090. The molecule has 0 fully saturated rings. The number of nitrogens with one attached hydrogen (secondary N) is 2. The van der Waals surface area contributed by atoms with Crippen LogP contribution in [0.2, 0.25) is 0 Å². The molecular formula is C21H22N2O4S. The molecule has 0 atom stereocenters. The summed E-state index contributed by atoms with van der Waals surface area (Å²) in [6.45, 7) is 4.14. The van der Waals surface area contributed by atoms with Gasteiger partial charge in [0, 0.05) is 28.6 Å². The highest BCUT2D eigenvalue weighted by Gasteiger charge is 2.19. The molecule has 0 bridgehead atoms. The zero-order valence-corrected chi connectivity index (χ0v) is 16.5. The third-order valence-electron chi connectivity index (χ3n) is 4.18. The molecule has 0 radical (unpaired) electrons. The summed E-state index contributed by atoms with van der Waals surface area (Å²) in [5.41, 5.74) is 1.02. The van der Waals surface area contributed by atoms with Crippen LogP contribution in [0, 0.1) is 0 Å². The second-order valence-electron chi connectivity index (χ2n) is 6.13. The molecular weight excluding hydrogens is 376 g/mol. The summed E-state index contributed by atoms with van der Waals surface area (Å²) in [6, 6.07) is 17.0. The van der Waals surface area contributed by atoms with Gasteiger partial charge in [-0.15, -0.1) is 0 Å². The van der Waals surface area contributed by atoms with Gasteiger partial charge in [0.2, 0.25) is 5.91 Å². The molecule has 0 saturated carbocycles. The van der Waals surface area contributed by atoms with Crippen molar-refractivity contribution in [2.45, 2.75) is 25.2 Å². The largest absolute Gasteiger partial charge is 0.493 e. The Hall–Kier alpha value is -3.06. The normalized spacial score (nSPS) is 11.2. The van der Waals surface area contributed by atoms with E-state index in [4.69, 9.17) is 4.74 Å². The van der Waals surface area contributed by atoms with Gasteiger partial charge in [0.15, 0.2) is 0 Å². The van der Waals surface area contributed by atoms with Gasteiger partial charge in [0.05, 0.1) is 11.5 Å². The number of sulfonamides is 1. The smallest absolute Gasteiger partial charge is 0.262 e. The zero-order chi connectivity index (χ0) is 20.1. The van der Waals surface area contributed by atoms with Crippen LogP contribution < -0.4 is 14.8 Å².